The fourth-order valence-electron chi connectivity index (χ4n) is 4.13. The highest BCUT2D eigenvalue weighted by Crippen LogP contribution is 2.50. The Hall–Kier alpha value is -3.00. The van der Waals surface area contributed by atoms with E-state index in [9.17, 15) is 5.26 Å². The number of hydrogen-bond acceptors (Lipinski definition) is 5. The van der Waals surface area contributed by atoms with Crippen molar-refractivity contribution in [3.05, 3.63) is 65.5 Å². The molecule has 0 saturated heterocycles. The monoisotopic (exact) mass is 452 g/mol. The zero-order chi connectivity index (χ0) is 20.0. The van der Waals surface area contributed by atoms with Crippen LogP contribution in [0.25, 0.3) is 64.0 Å². The molecule has 0 amide bonds. The van der Waals surface area contributed by atoms with Gasteiger partial charge in [-0.15, -0.1) is 45.3 Å². The van der Waals surface area contributed by atoms with E-state index in [2.05, 4.69) is 35.2 Å². The van der Waals surface area contributed by atoms with Gasteiger partial charge >= 0.3 is 0 Å². The van der Waals surface area contributed by atoms with Crippen molar-refractivity contribution >= 4 is 110 Å². The Balaban J connectivity index is 1.57. The van der Waals surface area contributed by atoms with Gasteiger partial charge in [-0.3, -0.25) is 0 Å². The lowest BCUT2D eigenvalue weighted by molar-refractivity contribution is 1.50. The van der Waals surface area contributed by atoms with Crippen LogP contribution < -0.4 is 0 Å². The summed E-state index contributed by atoms with van der Waals surface area (Å²) in [4.78, 5) is 3.58. The molecule has 0 saturated carbocycles. The van der Waals surface area contributed by atoms with Crippen LogP contribution in [0.5, 0.6) is 0 Å². The first-order valence-corrected chi connectivity index (χ1v) is 12.5. The molecular formula is C24H8N2S4. The second kappa shape index (κ2) is 5.78. The molecule has 0 radical (unpaired) electrons. The predicted octanol–water partition coefficient (Wildman–Crippen LogP) is 9.27. The number of hydrogen-bond donors (Lipinski definition) is 0. The lowest BCUT2D eigenvalue weighted by Gasteiger charge is -1.94. The van der Waals surface area contributed by atoms with Crippen molar-refractivity contribution in [2.45, 2.75) is 0 Å². The fourth-order valence-corrected chi connectivity index (χ4v) is 9.54. The van der Waals surface area contributed by atoms with Crippen LogP contribution >= 0.6 is 45.3 Å². The van der Waals surface area contributed by atoms with Crippen LogP contribution in [0, 0.1) is 17.9 Å². The third-order valence-corrected chi connectivity index (χ3v) is 10.5. The first-order chi connectivity index (χ1) is 14.7. The van der Waals surface area contributed by atoms with Crippen molar-refractivity contribution in [3.8, 4) is 6.07 Å². The zero-order valence-electron chi connectivity index (χ0n) is 15.1. The number of thiophene rings is 4. The maximum absolute atomic E-state index is 9.21. The van der Waals surface area contributed by atoms with Gasteiger partial charge in [0.1, 0.15) is 0 Å². The lowest BCUT2D eigenvalue weighted by Crippen LogP contribution is -1.70. The van der Waals surface area contributed by atoms with Crippen LogP contribution in [-0.2, 0) is 0 Å². The Kier molecular flexibility index (Phi) is 3.23. The highest BCUT2D eigenvalue weighted by molar-refractivity contribution is 7.38. The molecule has 0 bridgehead atoms. The van der Waals surface area contributed by atoms with Gasteiger partial charge in [0.15, 0.2) is 5.69 Å². The summed E-state index contributed by atoms with van der Waals surface area (Å²) in [6, 6.07) is 19.0. The summed E-state index contributed by atoms with van der Waals surface area (Å²) in [7, 11) is 0. The van der Waals surface area contributed by atoms with Gasteiger partial charge in [0.2, 0.25) is 0 Å². The Morgan fingerprint density at radius 3 is 1.70 bits per heavy atom. The molecular weight excluding hydrogens is 445 g/mol. The van der Waals surface area contributed by atoms with E-state index in [-0.39, 0.29) is 0 Å². The van der Waals surface area contributed by atoms with Gasteiger partial charge in [-0.1, -0.05) is 18.2 Å². The fraction of sp³-hybridized carbons (Fsp3) is 0. The van der Waals surface area contributed by atoms with Crippen molar-refractivity contribution in [2.24, 2.45) is 0 Å². The molecule has 0 unspecified atom stereocenters. The number of nitrogens with zero attached hydrogens (tertiary/aromatic N) is 2. The van der Waals surface area contributed by atoms with Gasteiger partial charge in [0.25, 0.3) is 0 Å². The quantitative estimate of drug-likeness (QED) is 0.211. The van der Waals surface area contributed by atoms with Crippen LogP contribution in [0.3, 0.4) is 0 Å². The number of nitriles is 1. The Bertz CT molecular complexity index is 1790. The van der Waals surface area contributed by atoms with Crippen LogP contribution in [0.15, 0.2) is 48.5 Å². The molecule has 3 aromatic carbocycles. The van der Waals surface area contributed by atoms with Gasteiger partial charge in [-0.05, 0) is 30.3 Å². The predicted molar refractivity (Wildman–Crippen MR) is 134 cm³/mol. The molecule has 138 valence electrons. The first-order valence-electron chi connectivity index (χ1n) is 9.18. The Labute approximate surface area is 186 Å². The van der Waals surface area contributed by atoms with E-state index in [0.717, 1.165) is 5.56 Å². The first kappa shape index (κ1) is 16.8. The highest BCUT2D eigenvalue weighted by Gasteiger charge is 2.17. The summed E-state index contributed by atoms with van der Waals surface area (Å²) in [5.74, 6) is 0. The number of fused-ring (bicyclic) bond motifs is 10. The maximum atomic E-state index is 9.21. The van der Waals surface area contributed by atoms with E-state index < -0.39 is 0 Å². The molecule has 0 aliphatic heterocycles. The average molecular weight is 453 g/mol. The number of benzene rings is 3. The molecule has 30 heavy (non-hydrogen) atoms. The van der Waals surface area contributed by atoms with Gasteiger partial charge in [-0.25, -0.2) is 4.85 Å². The topological polar surface area (TPSA) is 28.1 Å². The standard InChI is InChI=1S/C24H8N2S4/c1-26-12-3-5-14-18(7-12)28-24-16-9-19-15(8-20(16)30-22(14)24)23-21(29-19)13-4-2-11(10-25)6-17(13)27-23/h2-9H. The van der Waals surface area contributed by atoms with Crippen molar-refractivity contribution in [1.82, 2.24) is 0 Å². The summed E-state index contributed by atoms with van der Waals surface area (Å²) in [6.07, 6.45) is 0. The largest absolute Gasteiger partial charge is 0.238 e. The zero-order valence-corrected chi connectivity index (χ0v) is 18.4. The van der Waals surface area contributed by atoms with Gasteiger partial charge in [0, 0.05) is 40.3 Å². The number of rotatable bonds is 0. The molecule has 4 heterocycles. The van der Waals surface area contributed by atoms with Crippen molar-refractivity contribution in [3.63, 3.8) is 0 Å². The van der Waals surface area contributed by atoms with E-state index in [4.69, 9.17) is 6.57 Å². The molecule has 0 atom stereocenters. The normalized spacial score (nSPS) is 11.9. The Morgan fingerprint density at radius 1 is 0.633 bits per heavy atom. The van der Waals surface area contributed by atoms with E-state index in [1.54, 1.807) is 22.7 Å². The Morgan fingerprint density at radius 2 is 1.13 bits per heavy atom. The molecule has 0 fully saturated rings. The molecule has 0 N–H and O–H groups in total. The highest BCUT2D eigenvalue weighted by atomic mass is 32.1. The second-order valence-electron chi connectivity index (χ2n) is 7.18. The molecule has 0 aliphatic rings. The third-order valence-electron chi connectivity index (χ3n) is 5.53. The maximum Gasteiger partial charge on any atom is 0.188 e. The summed E-state index contributed by atoms with van der Waals surface area (Å²) in [5, 5.41) is 14.3. The van der Waals surface area contributed by atoms with Gasteiger partial charge < -0.3 is 0 Å². The van der Waals surface area contributed by atoms with E-state index >= 15 is 0 Å². The average Bonchev–Trinajstić information content (AvgIpc) is 3.49. The van der Waals surface area contributed by atoms with Crippen LogP contribution in [0.2, 0.25) is 0 Å². The summed E-state index contributed by atoms with van der Waals surface area (Å²) >= 11 is 7.28. The molecule has 7 rings (SSSR count). The second-order valence-corrected chi connectivity index (χ2v) is 11.4. The van der Waals surface area contributed by atoms with E-state index in [1.165, 1.54) is 59.1 Å². The summed E-state index contributed by atoms with van der Waals surface area (Å²) < 4.78 is 10.3. The molecule has 0 aliphatic carbocycles. The minimum atomic E-state index is 0.702. The third kappa shape index (κ3) is 2.09. The smallest absolute Gasteiger partial charge is 0.188 e. The molecule has 4 aromatic heterocycles. The lowest BCUT2D eigenvalue weighted by atomic mass is 10.1. The molecule has 6 heteroatoms. The van der Waals surface area contributed by atoms with Crippen molar-refractivity contribution in [1.29, 1.82) is 5.26 Å². The summed E-state index contributed by atoms with van der Waals surface area (Å²) in [6.45, 7) is 7.27. The van der Waals surface area contributed by atoms with Crippen LogP contribution in [-0.4, -0.2) is 0 Å². The van der Waals surface area contributed by atoms with E-state index in [0.29, 0.717) is 5.69 Å². The minimum absolute atomic E-state index is 0.702. The SMILES string of the molecule is [C-]#[N+]c1ccc2c(c1)sc1c3cc4sc5c6ccc(C#N)cc6sc5c4cc3sc21. The van der Waals surface area contributed by atoms with E-state index in [1.807, 2.05) is 46.9 Å². The molecule has 0 spiro atoms. The van der Waals surface area contributed by atoms with Crippen molar-refractivity contribution in [2.75, 3.05) is 0 Å². The van der Waals surface area contributed by atoms with Gasteiger partial charge in [0.05, 0.1) is 37.0 Å². The van der Waals surface area contributed by atoms with Crippen molar-refractivity contribution < 1.29 is 0 Å². The van der Waals surface area contributed by atoms with Crippen LogP contribution in [0.4, 0.5) is 5.69 Å². The van der Waals surface area contributed by atoms with Gasteiger partial charge in [-0.2, -0.15) is 5.26 Å². The molecule has 7 aromatic rings. The minimum Gasteiger partial charge on any atom is -0.238 e. The van der Waals surface area contributed by atoms with Crippen LogP contribution in [0.1, 0.15) is 5.56 Å². The summed E-state index contributed by atoms with van der Waals surface area (Å²) in [5.41, 5.74) is 1.42. The molecule has 2 nitrogen and oxygen atoms in total.